The molecule has 0 bridgehead atoms. The van der Waals surface area contributed by atoms with Gasteiger partial charge in [-0.15, -0.1) is 0 Å². The van der Waals surface area contributed by atoms with Crippen molar-refractivity contribution in [1.29, 1.82) is 0 Å². The fourth-order valence-corrected chi connectivity index (χ4v) is 4.03. The van der Waals surface area contributed by atoms with Gasteiger partial charge in [0.1, 0.15) is 18.9 Å². The van der Waals surface area contributed by atoms with Gasteiger partial charge < -0.3 is 20.1 Å². The summed E-state index contributed by atoms with van der Waals surface area (Å²) >= 11 is 12.9. The average molecular weight is 563 g/mol. The lowest BCUT2D eigenvalue weighted by molar-refractivity contribution is -0.158. The van der Waals surface area contributed by atoms with E-state index in [2.05, 4.69) is 47.2 Å². The number of rotatable bonds is 8. The third kappa shape index (κ3) is 7.00. The van der Waals surface area contributed by atoms with Crippen LogP contribution in [0.4, 0.5) is 5.69 Å². The summed E-state index contributed by atoms with van der Waals surface area (Å²) in [5, 5.41) is 6.02. The number of benzene rings is 2. The van der Waals surface area contributed by atoms with E-state index in [1.807, 2.05) is 6.07 Å². The summed E-state index contributed by atoms with van der Waals surface area (Å²) in [6, 6.07) is 8.65. The number of carbonyl (C=O) groups is 3. The maximum Gasteiger partial charge on any atom is 0.333 e. The van der Waals surface area contributed by atoms with Crippen molar-refractivity contribution in [2.75, 3.05) is 18.9 Å². The Morgan fingerprint density at radius 1 is 1.03 bits per heavy atom. The quantitative estimate of drug-likeness (QED) is 0.358. The highest BCUT2D eigenvalue weighted by Crippen LogP contribution is 2.35. The number of esters is 2. The molecule has 0 fully saturated rings. The molecule has 10 heteroatoms. The van der Waals surface area contributed by atoms with Gasteiger partial charge in [0.15, 0.2) is 0 Å². The van der Waals surface area contributed by atoms with E-state index >= 15 is 0 Å². The molecule has 2 N–H and O–H groups in total. The van der Waals surface area contributed by atoms with Gasteiger partial charge in [-0.2, -0.15) is 0 Å². The molecule has 7 nitrogen and oxygen atoms in total. The van der Waals surface area contributed by atoms with Gasteiger partial charge in [-0.25, -0.2) is 4.79 Å². The molecule has 0 heterocycles. The van der Waals surface area contributed by atoms with Crippen LogP contribution >= 0.6 is 43.5 Å². The molecule has 0 unspecified atom stereocenters. The summed E-state index contributed by atoms with van der Waals surface area (Å²) in [4.78, 5) is 34.9. The van der Waals surface area contributed by atoms with Crippen LogP contribution in [0, 0.1) is 0 Å². The van der Waals surface area contributed by atoms with Gasteiger partial charge in [0.2, 0.25) is 0 Å². The van der Waals surface area contributed by atoms with Crippen LogP contribution in [-0.2, 0) is 20.9 Å². The molecular formula is C20H19Br2ClN2O5. The zero-order chi connectivity index (χ0) is 22.3. The number of amides is 1. The molecule has 0 aliphatic heterocycles. The molecule has 2 aromatic carbocycles. The van der Waals surface area contributed by atoms with Crippen molar-refractivity contribution in [3.8, 4) is 5.75 Å². The van der Waals surface area contributed by atoms with Crippen LogP contribution in [0.1, 0.15) is 29.3 Å². The van der Waals surface area contributed by atoms with E-state index in [1.54, 1.807) is 38.2 Å². The zero-order valence-electron chi connectivity index (χ0n) is 16.2. The number of hydrogen-bond donors (Lipinski definition) is 2. The summed E-state index contributed by atoms with van der Waals surface area (Å²) in [6.45, 7) is 1.41. The summed E-state index contributed by atoms with van der Waals surface area (Å²) < 4.78 is 11.5. The van der Waals surface area contributed by atoms with Gasteiger partial charge in [-0.05, 0) is 67.8 Å². The number of halogens is 3. The summed E-state index contributed by atoms with van der Waals surface area (Å²) in [5.74, 6) is -1.47. The first-order valence-electron chi connectivity index (χ1n) is 8.84. The Morgan fingerprint density at radius 3 is 2.30 bits per heavy atom. The van der Waals surface area contributed by atoms with Crippen molar-refractivity contribution in [2.24, 2.45) is 0 Å². The number of ether oxygens (including phenoxy) is 2. The number of anilines is 1. The lowest BCUT2D eigenvalue weighted by Crippen LogP contribution is -2.31. The van der Waals surface area contributed by atoms with E-state index < -0.39 is 24.4 Å². The molecule has 0 radical (unpaired) electrons. The fraction of sp³-hybridized carbons (Fsp3) is 0.250. The van der Waals surface area contributed by atoms with Crippen LogP contribution in [0.5, 0.6) is 5.75 Å². The zero-order valence-corrected chi connectivity index (χ0v) is 20.1. The molecule has 0 saturated carbocycles. The molecule has 2 aromatic rings. The molecule has 0 aliphatic rings. The fourth-order valence-electron chi connectivity index (χ4n) is 2.35. The van der Waals surface area contributed by atoms with Crippen LogP contribution in [0.25, 0.3) is 0 Å². The van der Waals surface area contributed by atoms with E-state index in [-0.39, 0.29) is 18.6 Å². The Hall–Kier alpha value is -2.10. The van der Waals surface area contributed by atoms with Gasteiger partial charge in [-0.1, -0.05) is 18.5 Å². The molecule has 0 atom stereocenters. The molecule has 1 amide bonds. The van der Waals surface area contributed by atoms with Crippen LogP contribution in [0.2, 0.25) is 5.02 Å². The minimum Gasteiger partial charge on any atom is -0.487 e. The van der Waals surface area contributed by atoms with Crippen LogP contribution in [0.3, 0.4) is 0 Å². The Kier molecular flexibility index (Phi) is 9.13. The maximum atomic E-state index is 12.3. The summed E-state index contributed by atoms with van der Waals surface area (Å²) in [6.07, 6.45) is 0.0759. The lowest BCUT2D eigenvalue weighted by atomic mass is 10.2. The summed E-state index contributed by atoms with van der Waals surface area (Å²) in [7, 11) is 1.80. The Balaban J connectivity index is 2.04. The average Bonchev–Trinajstić information content (AvgIpc) is 2.70. The highest BCUT2D eigenvalue weighted by Gasteiger charge is 2.16. The topological polar surface area (TPSA) is 93.7 Å². The van der Waals surface area contributed by atoms with Gasteiger partial charge >= 0.3 is 11.9 Å². The molecule has 2 rings (SSSR count). The molecule has 0 aliphatic carbocycles. The van der Waals surface area contributed by atoms with Gasteiger partial charge in [-0.3, -0.25) is 9.59 Å². The van der Waals surface area contributed by atoms with Crippen LogP contribution in [0.15, 0.2) is 39.3 Å². The third-order valence-corrected chi connectivity index (χ3v) is 5.20. The SMILES string of the molecule is CCC(=O)OC(=O)CNC(=O)c1cc(Br)c(OCc2cc(Cl)cc(NC)c2)c(Br)c1. The third-order valence-electron chi connectivity index (χ3n) is 3.80. The van der Waals surface area contributed by atoms with Crippen molar-refractivity contribution in [2.45, 2.75) is 20.0 Å². The second-order valence-corrected chi connectivity index (χ2v) is 8.18. The minimum atomic E-state index is -0.823. The Morgan fingerprint density at radius 2 is 1.70 bits per heavy atom. The molecule has 0 spiro atoms. The Bertz CT molecular complexity index is 945. The summed E-state index contributed by atoms with van der Waals surface area (Å²) in [5.41, 5.74) is 2.02. The van der Waals surface area contributed by atoms with Gasteiger partial charge in [0.25, 0.3) is 5.91 Å². The first-order valence-corrected chi connectivity index (χ1v) is 10.8. The first-order chi connectivity index (χ1) is 14.2. The first kappa shape index (κ1) is 24.2. The van der Waals surface area contributed by atoms with E-state index in [0.717, 1.165) is 11.3 Å². The van der Waals surface area contributed by atoms with Gasteiger partial charge in [0, 0.05) is 29.7 Å². The maximum absolute atomic E-state index is 12.3. The molecule has 0 aromatic heterocycles. The van der Waals surface area contributed by atoms with Crippen molar-refractivity contribution in [3.05, 3.63) is 55.4 Å². The highest BCUT2D eigenvalue weighted by atomic mass is 79.9. The minimum absolute atomic E-state index is 0.0759. The van der Waals surface area contributed by atoms with Crippen LogP contribution in [-0.4, -0.2) is 31.4 Å². The highest BCUT2D eigenvalue weighted by molar-refractivity contribution is 9.11. The van der Waals surface area contributed by atoms with E-state index in [0.29, 0.717) is 19.7 Å². The standard InChI is InChI=1S/C20H19Br2ClN2O5/c1-3-17(26)30-18(27)9-25-20(28)12-6-15(21)19(16(22)7-12)29-10-11-4-13(23)8-14(5-11)24-2/h4-8,24H,3,9-10H2,1-2H3,(H,25,28). The second-order valence-electron chi connectivity index (χ2n) is 6.04. The monoisotopic (exact) mass is 560 g/mol. The Labute approximate surface area is 195 Å². The van der Waals surface area contributed by atoms with Gasteiger partial charge in [0.05, 0.1) is 8.95 Å². The molecule has 0 saturated heterocycles. The number of nitrogens with one attached hydrogen (secondary N) is 2. The van der Waals surface area contributed by atoms with E-state index in [4.69, 9.17) is 16.3 Å². The van der Waals surface area contributed by atoms with Crippen LogP contribution < -0.4 is 15.4 Å². The predicted octanol–water partition coefficient (Wildman–Crippen LogP) is 4.70. The van der Waals surface area contributed by atoms with E-state index in [1.165, 1.54) is 0 Å². The normalized spacial score (nSPS) is 10.3. The lowest BCUT2D eigenvalue weighted by Gasteiger charge is -2.13. The van der Waals surface area contributed by atoms with Crippen molar-refractivity contribution in [1.82, 2.24) is 5.32 Å². The van der Waals surface area contributed by atoms with Crippen molar-refractivity contribution in [3.63, 3.8) is 0 Å². The number of hydrogen-bond acceptors (Lipinski definition) is 6. The van der Waals surface area contributed by atoms with E-state index in [9.17, 15) is 14.4 Å². The molecular weight excluding hydrogens is 543 g/mol. The largest absolute Gasteiger partial charge is 0.487 e. The van der Waals surface area contributed by atoms with Crippen molar-refractivity contribution < 1.29 is 23.9 Å². The smallest absolute Gasteiger partial charge is 0.333 e. The van der Waals surface area contributed by atoms with Crippen molar-refractivity contribution >= 4 is 67.0 Å². The molecule has 30 heavy (non-hydrogen) atoms. The second kappa shape index (κ2) is 11.3. The molecule has 160 valence electrons. The number of carbonyl (C=O) groups excluding carboxylic acids is 3. The predicted molar refractivity (Wildman–Crippen MR) is 121 cm³/mol.